The van der Waals surface area contributed by atoms with E-state index in [0.717, 1.165) is 11.4 Å². The highest BCUT2D eigenvalue weighted by Crippen LogP contribution is 2.36. The van der Waals surface area contributed by atoms with Crippen LogP contribution in [-0.2, 0) is 0 Å². The highest BCUT2D eigenvalue weighted by Gasteiger charge is 2.31. The zero-order valence-corrected chi connectivity index (χ0v) is 14.2. The number of aliphatic imine (C=N–C) groups is 1. The number of amidine groups is 1. The first-order valence-electron chi connectivity index (χ1n) is 8.31. The van der Waals surface area contributed by atoms with Crippen LogP contribution in [0.4, 0.5) is 0 Å². The van der Waals surface area contributed by atoms with E-state index in [1.54, 1.807) is 12.1 Å². The third kappa shape index (κ3) is 3.74. The van der Waals surface area contributed by atoms with Crippen LogP contribution in [0.25, 0.3) is 0 Å². The van der Waals surface area contributed by atoms with E-state index >= 15 is 0 Å². The number of rotatable bonds is 3. The lowest BCUT2D eigenvalue weighted by molar-refractivity contribution is 0.311. The SMILES string of the molecule is NO.Oc1ccc(C2=N[C@H](c3ccccc3)[C@H](c3ccccc3)N2)cc1. The van der Waals surface area contributed by atoms with Crippen LogP contribution >= 0.6 is 0 Å². The molecule has 1 heterocycles. The van der Waals surface area contributed by atoms with Gasteiger partial charge in [0, 0.05) is 5.56 Å². The molecular formula is C21H21N3O2. The van der Waals surface area contributed by atoms with Gasteiger partial charge in [-0.05, 0) is 35.4 Å². The first-order chi connectivity index (χ1) is 12.8. The summed E-state index contributed by atoms with van der Waals surface area (Å²) in [7, 11) is 0. The van der Waals surface area contributed by atoms with Gasteiger partial charge in [0.25, 0.3) is 0 Å². The molecule has 5 heteroatoms. The quantitative estimate of drug-likeness (QED) is 0.545. The molecule has 0 aliphatic carbocycles. The molecule has 0 bridgehead atoms. The number of nitrogens with one attached hydrogen (secondary N) is 1. The van der Waals surface area contributed by atoms with Crippen LogP contribution in [0.2, 0.25) is 0 Å². The second-order valence-electron chi connectivity index (χ2n) is 5.91. The van der Waals surface area contributed by atoms with E-state index in [2.05, 4.69) is 47.6 Å². The predicted molar refractivity (Wildman–Crippen MR) is 102 cm³/mol. The van der Waals surface area contributed by atoms with E-state index < -0.39 is 0 Å². The molecule has 1 aliphatic rings. The number of nitrogens with zero attached hydrogens (tertiary/aromatic N) is 1. The van der Waals surface area contributed by atoms with Crippen molar-refractivity contribution < 1.29 is 10.3 Å². The molecule has 0 amide bonds. The van der Waals surface area contributed by atoms with Gasteiger partial charge in [-0.3, -0.25) is 4.99 Å². The molecule has 0 spiro atoms. The Morgan fingerprint density at radius 2 is 1.27 bits per heavy atom. The fraction of sp³-hybridized carbons (Fsp3) is 0.0952. The number of phenols is 1. The molecule has 4 rings (SSSR count). The second-order valence-corrected chi connectivity index (χ2v) is 5.91. The van der Waals surface area contributed by atoms with Gasteiger partial charge in [-0.2, -0.15) is 0 Å². The molecule has 0 unspecified atom stereocenters. The van der Waals surface area contributed by atoms with Crippen LogP contribution in [-0.4, -0.2) is 16.1 Å². The smallest absolute Gasteiger partial charge is 0.129 e. The molecule has 2 atom stereocenters. The summed E-state index contributed by atoms with van der Waals surface area (Å²) < 4.78 is 0. The van der Waals surface area contributed by atoms with Crippen molar-refractivity contribution in [3.05, 3.63) is 102 Å². The zero-order valence-electron chi connectivity index (χ0n) is 14.2. The maximum Gasteiger partial charge on any atom is 0.129 e. The van der Waals surface area contributed by atoms with Gasteiger partial charge in [-0.25, -0.2) is 5.90 Å². The molecule has 5 N–H and O–H groups in total. The van der Waals surface area contributed by atoms with Crippen molar-refractivity contribution in [3.8, 4) is 5.75 Å². The Bertz CT molecular complexity index is 849. The number of nitrogens with two attached hydrogens (primary N) is 1. The Balaban J connectivity index is 0.000000948. The van der Waals surface area contributed by atoms with Crippen LogP contribution in [0.1, 0.15) is 28.8 Å². The zero-order chi connectivity index (χ0) is 18.4. The van der Waals surface area contributed by atoms with E-state index in [9.17, 15) is 5.11 Å². The summed E-state index contributed by atoms with van der Waals surface area (Å²) in [5, 5.41) is 19.6. The first kappa shape index (κ1) is 17.7. The van der Waals surface area contributed by atoms with E-state index in [0.29, 0.717) is 0 Å². The van der Waals surface area contributed by atoms with Crippen LogP contribution < -0.4 is 11.2 Å². The Labute approximate surface area is 152 Å². The van der Waals surface area contributed by atoms with E-state index in [4.69, 9.17) is 10.2 Å². The number of hydrogen-bond donors (Lipinski definition) is 4. The van der Waals surface area contributed by atoms with Crippen molar-refractivity contribution in [3.63, 3.8) is 0 Å². The van der Waals surface area contributed by atoms with Crippen molar-refractivity contribution in [1.82, 2.24) is 5.32 Å². The molecule has 132 valence electrons. The van der Waals surface area contributed by atoms with Crippen LogP contribution in [0.3, 0.4) is 0 Å². The predicted octanol–water partition coefficient (Wildman–Crippen LogP) is 3.56. The number of benzene rings is 3. The summed E-state index contributed by atoms with van der Waals surface area (Å²) in [5.74, 6) is 4.62. The molecule has 0 radical (unpaired) electrons. The van der Waals surface area contributed by atoms with Crippen molar-refractivity contribution in [2.75, 3.05) is 0 Å². The maximum atomic E-state index is 9.50. The minimum Gasteiger partial charge on any atom is -0.508 e. The molecule has 0 aromatic heterocycles. The van der Waals surface area contributed by atoms with Crippen LogP contribution in [0, 0.1) is 0 Å². The molecule has 5 nitrogen and oxygen atoms in total. The number of aromatic hydroxyl groups is 1. The average Bonchev–Trinajstić information content (AvgIpc) is 3.17. The van der Waals surface area contributed by atoms with Crippen molar-refractivity contribution in [2.24, 2.45) is 10.9 Å². The second kappa shape index (κ2) is 8.29. The molecule has 3 aromatic rings. The molecule has 26 heavy (non-hydrogen) atoms. The lowest BCUT2D eigenvalue weighted by Gasteiger charge is -2.19. The third-order valence-electron chi connectivity index (χ3n) is 4.32. The highest BCUT2D eigenvalue weighted by molar-refractivity contribution is 6.00. The molecule has 3 aromatic carbocycles. The maximum absolute atomic E-state index is 9.50. The third-order valence-corrected chi connectivity index (χ3v) is 4.32. The summed E-state index contributed by atoms with van der Waals surface area (Å²) in [5.41, 5.74) is 3.38. The minimum absolute atomic E-state index is 0.0254. The molecule has 0 fully saturated rings. The van der Waals surface area contributed by atoms with E-state index in [1.165, 1.54) is 11.1 Å². The minimum atomic E-state index is 0.0254. The summed E-state index contributed by atoms with van der Waals surface area (Å²) >= 11 is 0. The van der Waals surface area contributed by atoms with Gasteiger partial charge in [-0.15, -0.1) is 0 Å². The van der Waals surface area contributed by atoms with Gasteiger partial charge < -0.3 is 15.6 Å². The summed E-state index contributed by atoms with van der Waals surface area (Å²) in [4.78, 5) is 4.94. The standard InChI is InChI=1S/C21H18N2O.H3NO/c24-18-13-11-17(12-14-18)21-22-19(15-7-3-1-4-8-15)20(23-21)16-9-5-2-6-10-16;1-2/h1-14,19-20,24H,(H,22,23);2H,1H2/t19-,20+;. The normalized spacial score (nSPS) is 18.3. The van der Waals surface area contributed by atoms with Crippen molar-refractivity contribution in [1.29, 1.82) is 0 Å². The summed E-state index contributed by atoms with van der Waals surface area (Å²) in [6.45, 7) is 0. The van der Waals surface area contributed by atoms with Gasteiger partial charge in [0.05, 0.1) is 6.04 Å². The van der Waals surface area contributed by atoms with Crippen molar-refractivity contribution >= 4 is 5.84 Å². The monoisotopic (exact) mass is 347 g/mol. The summed E-state index contributed by atoms with van der Waals surface area (Å²) in [6.07, 6.45) is 0. The number of phenolic OH excluding ortho intramolecular Hbond substituents is 1. The highest BCUT2D eigenvalue weighted by atomic mass is 16.4. The fourth-order valence-corrected chi connectivity index (χ4v) is 3.10. The Hall–Kier alpha value is -3.15. The largest absolute Gasteiger partial charge is 0.508 e. The van der Waals surface area contributed by atoms with Gasteiger partial charge in [-0.1, -0.05) is 60.7 Å². The summed E-state index contributed by atoms with van der Waals surface area (Å²) in [6, 6.07) is 28.0. The number of hydrogen-bond acceptors (Lipinski definition) is 5. The van der Waals surface area contributed by atoms with Gasteiger partial charge in [0.1, 0.15) is 17.6 Å². The van der Waals surface area contributed by atoms with E-state index in [1.807, 2.05) is 36.4 Å². The fourth-order valence-electron chi connectivity index (χ4n) is 3.10. The molecular weight excluding hydrogens is 326 g/mol. The van der Waals surface area contributed by atoms with Crippen LogP contribution in [0.5, 0.6) is 5.75 Å². The first-order valence-corrected chi connectivity index (χ1v) is 8.31. The topological polar surface area (TPSA) is 90.9 Å². The van der Waals surface area contributed by atoms with E-state index in [-0.39, 0.29) is 17.8 Å². The van der Waals surface area contributed by atoms with Gasteiger partial charge in [0.2, 0.25) is 0 Å². The molecule has 1 aliphatic heterocycles. The Morgan fingerprint density at radius 1 is 0.731 bits per heavy atom. The Morgan fingerprint density at radius 3 is 1.85 bits per heavy atom. The van der Waals surface area contributed by atoms with Gasteiger partial charge in [0.15, 0.2) is 0 Å². The average molecular weight is 347 g/mol. The lowest BCUT2D eigenvalue weighted by atomic mass is 9.95. The lowest BCUT2D eigenvalue weighted by Crippen LogP contribution is -2.25. The molecule has 0 saturated heterocycles. The Kier molecular flexibility index (Phi) is 5.63. The molecule has 0 saturated carbocycles. The van der Waals surface area contributed by atoms with Crippen LogP contribution in [0.15, 0.2) is 89.9 Å². The van der Waals surface area contributed by atoms with Crippen molar-refractivity contribution in [2.45, 2.75) is 12.1 Å². The van der Waals surface area contributed by atoms with Gasteiger partial charge >= 0.3 is 0 Å².